The van der Waals surface area contributed by atoms with Crippen molar-refractivity contribution in [3.8, 4) is 0 Å². The van der Waals surface area contributed by atoms with Gasteiger partial charge < -0.3 is 0 Å². The molecule has 0 spiro atoms. The first kappa shape index (κ1) is 12.0. The molecule has 0 saturated carbocycles. The molecule has 0 saturated heterocycles. The molecular formula is C10H7ClF4. The zero-order valence-electron chi connectivity index (χ0n) is 7.48. The first-order chi connectivity index (χ1) is 6.95. The summed E-state index contributed by atoms with van der Waals surface area (Å²) in [6.07, 6.45) is -1.73. The van der Waals surface area contributed by atoms with E-state index in [9.17, 15) is 17.6 Å². The molecule has 0 fully saturated rings. The minimum Gasteiger partial charge on any atom is -0.206 e. The number of hydrogen-bond acceptors (Lipinski definition) is 0. The van der Waals surface area contributed by atoms with E-state index >= 15 is 0 Å². The molecule has 0 aliphatic rings. The highest BCUT2D eigenvalue weighted by atomic mass is 35.5. The number of benzene rings is 1. The normalized spacial score (nSPS) is 12.3. The Hall–Kier alpha value is -1.03. The van der Waals surface area contributed by atoms with Gasteiger partial charge in [0.1, 0.15) is 5.82 Å². The summed E-state index contributed by atoms with van der Waals surface area (Å²) in [5.41, 5.74) is -0.910. The van der Waals surface area contributed by atoms with Crippen LogP contribution in [0.4, 0.5) is 17.6 Å². The summed E-state index contributed by atoms with van der Waals surface area (Å²) in [7, 11) is 0. The predicted octanol–water partition coefficient (Wildman–Crippen LogP) is 4.10. The zero-order valence-corrected chi connectivity index (χ0v) is 8.24. The predicted molar refractivity (Wildman–Crippen MR) is 51.2 cm³/mol. The summed E-state index contributed by atoms with van der Waals surface area (Å²) in [6.45, 7) is 0. The third-order valence-electron chi connectivity index (χ3n) is 1.71. The molecule has 5 heteroatoms. The zero-order chi connectivity index (χ0) is 11.5. The summed E-state index contributed by atoms with van der Waals surface area (Å²) in [5, 5.41) is 0. The molecule has 1 rings (SSSR count). The van der Waals surface area contributed by atoms with E-state index in [1.165, 1.54) is 12.2 Å². The smallest absolute Gasteiger partial charge is 0.206 e. The molecule has 0 aromatic heterocycles. The van der Waals surface area contributed by atoms with Gasteiger partial charge in [-0.3, -0.25) is 0 Å². The van der Waals surface area contributed by atoms with Crippen molar-refractivity contribution < 1.29 is 17.6 Å². The average Bonchev–Trinajstić information content (AvgIpc) is 2.14. The Labute approximate surface area is 89.2 Å². The molecule has 0 heterocycles. The van der Waals surface area contributed by atoms with E-state index in [0.29, 0.717) is 6.07 Å². The Morgan fingerprint density at radius 3 is 2.40 bits per heavy atom. The second kappa shape index (κ2) is 4.66. The van der Waals surface area contributed by atoms with E-state index in [2.05, 4.69) is 0 Å². The minimum absolute atomic E-state index is 0.0867. The van der Waals surface area contributed by atoms with Gasteiger partial charge in [0.2, 0.25) is 0 Å². The van der Waals surface area contributed by atoms with Crippen LogP contribution in [0, 0.1) is 5.82 Å². The van der Waals surface area contributed by atoms with E-state index < -0.39 is 17.6 Å². The number of allylic oxidation sites excluding steroid dienone is 1. The molecule has 82 valence electrons. The van der Waals surface area contributed by atoms with E-state index in [-0.39, 0.29) is 11.4 Å². The van der Waals surface area contributed by atoms with Crippen molar-refractivity contribution in [1.29, 1.82) is 0 Å². The Balaban J connectivity index is 3.04. The van der Waals surface area contributed by atoms with Crippen molar-refractivity contribution in [2.75, 3.05) is 5.88 Å². The molecule has 0 nitrogen and oxygen atoms in total. The van der Waals surface area contributed by atoms with Gasteiger partial charge in [0, 0.05) is 11.4 Å². The van der Waals surface area contributed by atoms with Crippen LogP contribution in [0.1, 0.15) is 11.1 Å². The van der Waals surface area contributed by atoms with Gasteiger partial charge in [0.05, 0.1) is 5.56 Å². The van der Waals surface area contributed by atoms with E-state index in [1.54, 1.807) is 0 Å². The van der Waals surface area contributed by atoms with Gasteiger partial charge in [0.15, 0.2) is 0 Å². The van der Waals surface area contributed by atoms with Gasteiger partial charge in [-0.1, -0.05) is 18.2 Å². The summed E-state index contributed by atoms with van der Waals surface area (Å²) in [5.74, 6) is -0.730. The fraction of sp³-hybridized carbons (Fsp3) is 0.200. The summed E-state index contributed by atoms with van der Waals surface area (Å²) in [4.78, 5) is 0. The monoisotopic (exact) mass is 238 g/mol. The minimum atomic E-state index is -4.52. The Morgan fingerprint density at radius 2 is 1.93 bits per heavy atom. The standard InChI is InChI=1S/C10H7ClF4/c11-5-1-2-7-3-4-8(6-9(7)12)10(13,14)15/h1-4,6H,5H2. The molecule has 0 radical (unpaired) electrons. The van der Waals surface area contributed by atoms with Gasteiger partial charge in [-0.25, -0.2) is 4.39 Å². The Bertz CT molecular complexity index is 368. The lowest BCUT2D eigenvalue weighted by molar-refractivity contribution is -0.137. The van der Waals surface area contributed by atoms with Crippen LogP contribution in [-0.2, 0) is 6.18 Å². The number of alkyl halides is 4. The summed E-state index contributed by atoms with van der Waals surface area (Å²) >= 11 is 5.32. The molecule has 1 aromatic rings. The highest BCUT2D eigenvalue weighted by Gasteiger charge is 2.30. The second-order valence-electron chi connectivity index (χ2n) is 2.79. The first-order valence-corrected chi connectivity index (χ1v) is 4.58. The quantitative estimate of drug-likeness (QED) is 0.538. The van der Waals surface area contributed by atoms with E-state index in [1.807, 2.05) is 0 Å². The SMILES string of the molecule is Fc1cc(C(F)(F)F)ccc1C=CCCl. The topological polar surface area (TPSA) is 0 Å². The van der Waals surface area contributed by atoms with Crippen LogP contribution in [0.15, 0.2) is 24.3 Å². The maximum atomic E-state index is 13.1. The maximum absolute atomic E-state index is 13.1. The van der Waals surface area contributed by atoms with Crippen LogP contribution in [-0.4, -0.2) is 5.88 Å². The molecule has 0 aliphatic carbocycles. The van der Waals surface area contributed by atoms with Crippen molar-refractivity contribution in [2.24, 2.45) is 0 Å². The van der Waals surface area contributed by atoms with Crippen molar-refractivity contribution in [3.63, 3.8) is 0 Å². The fourth-order valence-corrected chi connectivity index (χ4v) is 1.10. The molecule has 1 aromatic carbocycles. The molecule has 15 heavy (non-hydrogen) atoms. The lowest BCUT2D eigenvalue weighted by Crippen LogP contribution is -2.05. The van der Waals surface area contributed by atoms with Gasteiger partial charge in [-0.2, -0.15) is 13.2 Å². The Kier molecular flexibility index (Phi) is 3.74. The van der Waals surface area contributed by atoms with Crippen LogP contribution < -0.4 is 0 Å². The van der Waals surface area contributed by atoms with Gasteiger partial charge in [-0.05, 0) is 12.1 Å². The molecule has 0 unspecified atom stereocenters. The second-order valence-corrected chi connectivity index (χ2v) is 3.10. The maximum Gasteiger partial charge on any atom is 0.416 e. The van der Waals surface area contributed by atoms with Crippen molar-refractivity contribution in [1.82, 2.24) is 0 Å². The lowest BCUT2D eigenvalue weighted by Gasteiger charge is -2.07. The third-order valence-corrected chi connectivity index (χ3v) is 1.89. The molecule has 0 amide bonds. The largest absolute Gasteiger partial charge is 0.416 e. The molecular weight excluding hydrogens is 232 g/mol. The number of halogens is 5. The van der Waals surface area contributed by atoms with Crippen LogP contribution in [0.3, 0.4) is 0 Å². The van der Waals surface area contributed by atoms with Gasteiger partial charge in [-0.15, -0.1) is 11.6 Å². The van der Waals surface area contributed by atoms with Crippen molar-refractivity contribution >= 4 is 17.7 Å². The van der Waals surface area contributed by atoms with Gasteiger partial charge in [0.25, 0.3) is 0 Å². The molecule has 0 bridgehead atoms. The number of rotatable bonds is 2. The fourth-order valence-electron chi connectivity index (χ4n) is 1.01. The van der Waals surface area contributed by atoms with Crippen LogP contribution in [0.25, 0.3) is 6.08 Å². The lowest BCUT2D eigenvalue weighted by atomic mass is 10.1. The Morgan fingerprint density at radius 1 is 1.27 bits per heavy atom. The average molecular weight is 239 g/mol. The van der Waals surface area contributed by atoms with Crippen LogP contribution in [0.5, 0.6) is 0 Å². The molecule has 0 N–H and O–H groups in total. The highest BCUT2D eigenvalue weighted by Crippen LogP contribution is 2.30. The summed E-state index contributed by atoms with van der Waals surface area (Å²) < 4.78 is 49.5. The van der Waals surface area contributed by atoms with Gasteiger partial charge >= 0.3 is 6.18 Å². The van der Waals surface area contributed by atoms with E-state index in [0.717, 1.165) is 12.1 Å². The van der Waals surface area contributed by atoms with Crippen LogP contribution >= 0.6 is 11.6 Å². The van der Waals surface area contributed by atoms with Crippen molar-refractivity contribution in [3.05, 3.63) is 41.2 Å². The van der Waals surface area contributed by atoms with Crippen molar-refractivity contribution in [2.45, 2.75) is 6.18 Å². The third kappa shape index (κ3) is 3.23. The number of hydrogen-bond donors (Lipinski definition) is 0. The first-order valence-electron chi connectivity index (χ1n) is 4.04. The summed E-state index contributed by atoms with van der Waals surface area (Å²) in [6, 6.07) is 2.37. The molecule has 0 atom stereocenters. The molecule has 0 aliphatic heterocycles. The van der Waals surface area contributed by atoms with Crippen LogP contribution in [0.2, 0.25) is 0 Å². The van der Waals surface area contributed by atoms with E-state index in [4.69, 9.17) is 11.6 Å². The highest BCUT2D eigenvalue weighted by molar-refractivity contribution is 6.19.